The number of likely N-dealkylation sites (N-methyl/N-ethyl adjacent to an activating group) is 1. The second kappa shape index (κ2) is 14.2. The highest BCUT2D eigenvalue weighted by atomic mass is 32.2. The molecule has 7 atom stereocenters. The lowest BCUT2D eigenvalue weighted by molar-refractivity contribution is -0.157. The van der Waals surface area contributed by atoms with E-state index in [0.29, 0.717) is 47.9 Å². The maximum atomic E-state index is 14.9. The number of hydrogen-bond donors (Lipinski definition) is 3. The lowest BCUT2D eigenvalue weighted by Gasteiger charge is -2.62. The Bertz CT molecular complexity index is 2440. The van der Waals surface area contributed by atoms with Crippen LogP contribution < -0.4 is 29.0 Å². The number of esters is 1. The number of rotatable bonds is 5. The first-order valence-corrected chi connectivity index (χ1v) is 21.0. The van der Waals surface area contributed by atoms with Crippen LogP contribution in [0.4, 0.5) is 0 Å². The van der Waals surface area contributed by atoms with E-state index in [0.717, 1.165) is 44.5 Å². The molecule has 0 saturated carbocycles. The molecule has 3 N–H and O–H groups in total. The summed E-state index contributed by atoms with van der Waals surface area (Å²) in [5, 5.41) is 37.4. The first kappa shape index (κ1) is 37.9. The van der Waals surface area contributed by atoms with Crippen molar-refractivity contribution >= 4 is 17.7 Å². The molecule has 7 aliphatic heterocycles. The number of hydrogen-bond acceptors (Lipinski definition) is 14. The van der Waals surface area contributed by atoms with E-state index >= 15 is 0 Å². The predicted octanol–water partition coefficient (Wildman–Crippen LogP) is 5.64. The Balaban J connectivity index is 1.24. The Morgan fingerprint density at radius 1 is 1.00 bits per heavy atom. The summed E-state index contributed by atoms with van der Waals surface area (Å²) in [6.45, 7) is 4.57. The molecule has 306 valence electrons. The van der Waals surface area contributed by atoms with E-state index in [4.69, 9.17) is 28.4 Å². The standard InChI is InChI=1S/C45H46N4O9S/c1-22-13-26-14-28-29(17-46)49-30-19-56-44(52)45(27-16-32(53-4)31(50)15-25(27)11-12-47-45)20-59-43(37(49)36(48(28)3)33(26)38(51)39(22)54-5)35-34(30)42-41(57-21-58-42)23(2)40(35)55-18-24-9-7-6-8-10-24/h6-10,13,15-16,28-30,36-37,43,47,50-51H,11-12,14,18-21H2,1-5H3/t28?,29-,30-,36-,37?,43+,45+/m0/s1. The molecule has 7 aliphatic rings. The van der Waals surface area contributed by atoms with Gasteiger partial charge in [-0.3, -0.25) is 15.1 Å². The number of carbonyl (C=O) groups excluding carboxylic acids is 1. The molecule has 0 aromatic heterocycles. The van der Waals surface area contributed by atoms with Gasteiger partial charge in [0, 0.05) is 46.6 Å². The Kier molecular flexibility index (Phi) is 9.09. The van der Waals surface area contributed by atoms with E-state index < -0.39 is 40.9 Å². The van der Waals surface area contributed by atoms with Crippen molar-refractivity contribution in [1.82, 2.24) is 15.1 Å². The topological polar surface area (TPSA) is 155 Å². The van der Waals surface area contributed by atoms with Crippen molar-refractivity contribution in [3.05, 3.63) is 98.6 Å². The van der Waals surface area contributed by atoms with Crippen LogP contribution in [0.5, 0.6) is 40.2 Å². The van der Waals surface area contributed by atoms with Gasteiger partial charge in [0.05, 0.1) is 37.6 Å². The number of nitrogens with zero attached hydrogens (tertiary/aromatic N) is 3. The highest BCUT2D eigenvalue weighted by molar-refractivity contribution is 7.99. The van der Waals surface area contributed by atoms with Crippen molar-refractivity contribution in [1.29, 1.82) is 5.26 Å². The smallest absolute Gasteiger partial charge is 0.331 e. The van der Waals surface area contributed by atoms with Gasteiger partial charge < -0.3 is 38.6 Å². The van der Waals surface area contributed by atoms with Crippen LogP contribution in [0.3, 0.4) is 0 Å². The van der Waals surface area contributed by atoms with Crippen molar-refractivity contribution in [2.24, 2.45) is 0 Å². The molecule has 4 bridgehead atoms. The summed E-state index contributed by atoms with van der Waals surface area (Å²) >= 11 is 1.59. The second-order valence-corrected chi connectivity index (χ2v) is 17.4. The first-order valence-electron chi connectivity index (χ1n) is 20.0. The third-order valence-corrected chi connectivity index (χ3v) is 14.9. The average molecular weight is 819 g/mol. The van der Waals surface area contributed by atoms with Gasteiger partial charge in [-0.1, -0.05) is 36.4 Å². The molecule has 0 amide bonds. The second-order valence-electron chi connectivity index (χ2n) is 16.3. The molecule has 2 fully saturated rings. The molecular formula is C45H46N4O9S. The van der Waals surface area contributed by atoms with Crippen LogP contribution in [0.2, 0.25) is 0 Å². The number of nitriles is 1. The Hall–Kier alpha value is -5.33. The van der Waals surface area contributed by atoms with Crippen molar-refractivity contribution < 1.29 is 43.4 Å². The Morgan fingerprint density at radius 2 is 1.80 bits per heavy atom. The number of aromatic hydroxyl groups is 2. The number of methoxy groups -OCH3 is 2. The monoisotopic (exact) mass is 818 g/mol. The highest BCUT2D eigenvalue weighted by Gasteiger charge is 2.61. The van der Waals surface area contributed by atoms with Gasteiger partial charge in [-0.25, -0.2) is 4.79 Å². The first-order chi connectivity index (χ1) is 28.6. The summed E-state index contributed by atoms with van der Waals surface area (Å²) < 4.78 is 37.5. The third kappa shape index (κ3) is 5.44. The van der Waals surface area contributed by atoms with Gasteiger partial charge in [-0.15, -0.1) is 11.8 Å². The van der Waals surface area contributed by atoms with Gasteiger partial charge in [0.1, 0.15) is 25.0 Å². The van der Waals surface area contributed by atoms with Gasteiger partial charge in [0.25, 0.3) is 0 Å². The molecule has 7 heterocycles. The zero-order chi connectivity index (χ0) is 40.9. The fourth-order valence-electron chi connectivity index (χ4n) is 10.8. The van der Waals surface area contributed by atoms with Crippen molar-refractivity contribution in [3.8, 4) is 46.3 Å². The number of fused-ring (bicyclic) bond motifs is 9. The third-order valence-electron chi connectivity index (χ3n) is 13.4. The van der Waals surface area contributed by atoms with Crippen LogP contribution >= 0.6 is 11.8 Å². The average Bonchev–Trinajstić information content (AvgIpc) is 3.73. The fourth-order valence-corrected chi connectivity index (χ4v) is 12.5. The molecule has 0 aliphatic carbocycles. The minimum atomic E-state index is -1.32. The minimum Gasteiger partial charge on any atom is -0.504 e. The molecule has 14 heteroatoms. The van der Waals surface area contributed by atoms with E-state index in [-0.39, 0.29) is 49.0 Å². The number of benzene rings is 4. The summed E-state index contributed by atoms with van der Waals surface area (Å²) in [6, 6.07) is 15.8. The van der Waals surface area contributed by atoms with E-state index in [1.54, 1.807) is 31.0 Å². The summed E-state index contributed by atoms with van der Waals surface area (Å²) in [4.78, 5) is 19.4. The maximum Gasteiger partial charge on any atom is 0.331 e. The van der Waals surface area contributed by atoms with Gasteiger partial charge in [0.2, 0.25) is 6.79 Å². The van der Waals surface area contributed by atoms with Gasteiger partial charge >= 0.3 is 5.97 Å². The minimum absolute atomic E-state index is 0.00310. The molecule has 1 spiro atoms. The molecule has 4 aromatic rings. The number of aryl methyl sites for hydroxylation is 1. The fraction of sp³-hybridized carbons (Fsp3) is 0.422. The van der Waals surface area contributed by atoms with Crippen molar-refractivity contribution in [3.63, 3.8) is 0 Å². The summed E-state index contributed by atoms with van der Waals surface area (Å²) in [5.41, 5.74) is 6.21. The largest absolute Gasteiger partial charge is 0.504 e. The lowest BCUT2D eigenvalue weighted by atomic mass is 9.71. The van der Waals surface area contributed by atoms with Crippen LogP contribution in [0.15, 0.2) is 48.5 Å². The van der Waals surface area contributed by atoms with Crippen LogP contribution in [0, 0.1) is 25.2 Å². The molecule has 2 saturated heterocycles. The Labute approximate surface area is 346 Å². The van der Waals surface area contributed by atoms with E-state index in [9.17, 15) is 20.3 Å². The molecule has 2 unspecified atom stereocenters. The highest BCUT2D eigenvalue weighted by Crippen LogP contribution is 2.64. The SMILES string of the molecule is COc1cc2c(cc1O)CCN[C@]21CS[C@@H]2c3c(OCc4ccccc4)c(C)c4c(c3[C@H](COC1=O)N1C2[C@@H]2c3c(cc(C)c(OC)c3O)CC([C@@H]1C#N)N2C)OCO4. The van der Waals surface area contributed by atoms with Crippen LogP contribution in [0.1, 0.15) is 67.4 Å². The van der Waals surface area contributed by atoms with Crippen LogP contribution in [-0.2, 0) is 34.5 Å². The van der Waals surface area contributed by atoms with Crippen LogP contribution in [0.25, 0.3) is 0 Å². The quantitative estimate of drug-likeness (QED) is 0.213. The molecule has 11 rings (SSSR count). The number of thioether (sulfide) groups is 1. The molecule has 4 aromatic carbocycles. The maximum absolute atomic E-state index is 14.9. The normalized spacial score (nSPS) is 27.8. The van der Waals surface area contributed by atoms with E-state index in [2.05, 4.69) is 27.3 Å². The zero-order valence-corrected chi connectivity index (χ0v) is 34.4. The van der Waals surface area contributed by atoms with Gasteiger partial charge in [-0.2, -0.15) is 5.26 Å². The van der Waals surface area contributed by atoms with Gasteiger partial charge in [0.15, 0.2) is 40.0 Å². The molecular weight excluding hydrogens is 773 g/mol. The van der Waals surface area contributed by atoms with E-state index in [1.807, 2.05) is 51.2 Å². The number of ether oxygens (including phenoxy) is 6. The summed E-state index contributed by atoms with van der Waals surface area (Å²) in [6.07, 6.45) is 1.11. The molecule has 0 radical (unpaired) electrons. The number of piperazine rings is 1. The molecule has 59 heavy (non-hydrogen) atoms. The number of nitrogens with one attached hydrogen (secondary N) is 1. The lowest BCUT2D eigenvalue weighted by Crippen LogP contribution is -2.69. The van der Waals surface area contributed by atoms with Crippen molar-refractivity contribution in [2.75, 3.05) is 47.0 Å². The number of phenols is 2. The molecule has 13 nitrogen and oxygen atoms in total. The number of phenolic OH excluding ortho intramolecular Hbond substituents is 2. The summed E-state index contributed by atoms with van der Waals surface area (Å²) in [5.74, 6) is 2.31. The Morgan fingerprint density at radius 3 is 2.56 bits per heavy atom. The van der Waals surface area contributed by atoms with Crippen molar-refractivity contribution in [2.45, 2.75) is 74.3 Å². The summed E-state index contributed by atoms with van der Waals surface area (Å²) in [7, 11) is 5.10. The van der Waals surface area contributed by atoms with E-state index in [1.165, 1.54) is 7.11 Å². The van der Waals surface area contributed by atoms with Crippen LogP contribution in [-0.4, -0.2) is 91.1 Å². The predicted molar refractivity (Wildman–Crippen MR) is 217 cm³/mol. The zero-order valence-electron chi connectivity index (χ0n) is 33.5. The van der Waals surface area contributed by atoms with Gasteiger partial charge in [-0.05, 0) is 73.7 Å². The number of carbonyl (C=O) groups is 1.